The molecule has 0 atom stereocenters. The van der Waals surface area contributed by atoms with Gasteiger partial charge < -0.3 is 20.5 Å². The number of nitrogens with two attached hydrogens (primary N) is 1. The largest absolute Gasteiger partial charge is 0.493 e. The molecule has 0 saturated heterocycles. The minimum absolute atomic E-state index is 0.255. The molecule has 1 amide bonds. The van der Waals surface area contributed by atoms with Crippen molar-refractivity contribution in [3.8, 4) is 11.5 Å². The van der Waals surface area contributed by atoms with Crippen LogP contribution in [0.2, 0.25) is 5.02 Å². The van der Waals surface area contributed by atoms with Crippen LogP contribution in [0.25, 0.3) is 0 Å². The number of pyridine rings is 1. The van der Waals surface area contributed by atoms with E-state index in [-0.39, 0.29) is 6.61 Å². The van der Waals surface area contributed by atoms with Crippen LogP contribution in [-0.2, 0) is 17.9 Å². The highest BCUT2D eigenvalue weighted by Gasteiger charge is 2.13. The topological polar surface area (TPSA) is 86.5 Å². The molecule has 0 aliphatic heterocycles. The highest BCUT2D eigenvalue weighted by atomic mass is 35.5. The molecule has 23 heavy (non-hydrogen) atoms. The van der Waals surface area contributed by atoms with Gasteiger partial charge in [-0.1, -0.05) is 17.7 Å². The van der Waals surface area contributed by atoms with E-state index in [1.807, 2.05) is 12.1 Å². The number of primary amides is 1. The lowest BCUT2D eigenvalue weighted by atomic mass is 10.2. The number of nitrogens with one attached hydrogen (secondary N) is 1. The number of ether oxygens (including phenoxy) is 2. The lowest BCUT2D eigenvalue weighted by Crippen LogP contribution is -2.20. The number of carbonyl (C=O) groups is 1. The van der Waals surface area contributed by atoms with Crippen molar-refractivity contribution in [1.29, 1.82) is 0 Å². The summed E-state index contributed by atoms with van der Waals surface area (Å²) in [7, 11) is 1.51. The molecule has 0 spiro atoms. The van der Waals surface area contributed by atoms with Crippen molar-refractivity contribution in [2.45, 2.75) is 13.1 Å². The van der Waals surface area contributed by atoms with Crippen molar-refractivity contribution < 1.29 is 14.3 Å². The number of hydrogen-bond acceptors (Lipinski definition) is 5. The van der Waals surface area contributed by atoms with Crippen molar-refractivity contribution in [2.24, 2.45) is 5.73 Å². The van der Waals surface area contributed by atoms with Gasteiger partial charge in [0.1, 0.15) is 0 Å². The minimum atomic E-state index is -0.578. The Kier molecular flexibility index (Phi) is 6.19. The van der Waals surface area contributed by atoms with Crippen LogP contribution in [0, 0.1) is 0 Å². The third-order valence-corrected chi connectivity index (χ3v) is 3.31. The zero-order valence-electron chi connectivity index (χ0n) is 12.7. The van der Waals surface area contributed by atoms with E-state index in [4.69, 9.17) is 26.8 Å². The average Bonchev–Trinajstić information content (AvgIpc) is 2.54. The summed E-state index contributed by atoms with van der Waals surface area (Å²) in [6.07, 6.45) is 3.54. The van der Waals surface area contributed by atoms with Gasteiger partial charge in [0.15, 0.2) is 18.1 Å². The summed E-state index contributed by atoms with van der Waals surface area (Å²) in [4.78, 5) is 14.9. The molecule has 0 radical (unpaired) electrons. The summed E-state index contributed by atoms with van der Waals surface area (Å²) in [5.74, 6) is 0.186. The van der Waals surface area contributed by atoms with Crippen molar-refractivity contribution >= 4 is 17.5 Å². The molecule has 2 rings (SSSR count). The molecule has 0 fully saturated rings. The highest BCUT2D eigenvalue weighted by molar-refractivity contribution is 6.32. The van der Waals surface area contributed by atoms with Crippen LogP contribution in [-0.4, -0.2) is 24.6 Å². The van der Waals surface area contributed by atoms with E-state index in [1.165, 1.54) is 7.11 Å². The van der Waals surface area contributed by atoms with E-state index in [1.54, 1.807) is 24.5 Å². The van der Waals surface area contributed by atoms with Gasteiger partial charge in [0, 0.05) is 25.5 Å². The first kappa shape index (κ1) is 17.1. The van der Waals surface area contributed by atoms with E-state index in [0.29, 0.717) is 29.6 Å². The van der Waals surface area contributed by atoms with Crippen LogP contribution >= 0.6 is 11.6 Å². The van der Waals surface area contributed by atoms with E-state index in [9.17, 15) is 4.79 Å². The zero-order chi connectivity index (χ0) is 16.7. The molecule has 6 nitrogen and oxygen atoms in total. The Morgan fingerprint density at radius 3 is 2.78 bits per heavy atom. The fourth-order valence-corrected chi connectivity index (χ4v) is 2.30. The molecular weight excluding hydrogens is 318 g/mol. The summed E-state index contributed by atoms with van der Waals surface area (Å²) < 4.78 is 10.6. The number of rotatable bonds is 8. The second kappa shape index (κ2) is 8.36. The summed E-state index contributed by atoms with van der Waals surface area (Å²) in [5.41, 5.74) is 7.09. The molecule has 1 aromatic heterocycles. The first-order chi connectivity index (χ1) is 11.1. The van der Waals surface area contributed by atoms with Gasteiger partial charge in [-0.3, -0.25) is 9.78 Å². The Morgan fingerprint density at radius 1 is 1.35 bits per heavy atom. The fraction of sp³-hybridized carbons (Fsp3) is 0.250. The Balaban J connectivity index is 2.02. The van der Waals surface area contributed by atoms with Crippen molar-refractivity contribution in [3.63, 3.8) is 0 Å². The van der Waals surface area contributed by atoms with Crippen LogP contribution < -0.4 is 20.5 Å². The monoisotopic (exact) mass is 335 g/mol. The molecule has 7 heteroatoms. The zero-order valence-corrected chi connectivity index (χ0v) is 13.5. The Hall–Kier alpha value is -2.31. The molecule has 0 saturated carbocycles. The van der Waals surface area contributed by atoms with Gasteiger partial charge in [-0.15, -0.1) is 0 Å². The smallest absolute Gasteiger partial charge is 0.255 e. The molecular formula is C16H18ClN3O3. The maximum atomic E-state index is 10.8. The minimum Gasteiger partial charge on any atom is -0.493 e. The molecule has 0 aliphatic carbocycles. The third-order valence-electron chi connectivity index (χ3n) is 3.03. The average molecular weight is 336 g/mol. The molecule has 3 N–H and O–H groups in total. The first-order valence-electron chi connectivity index (χ1n) is 6.97. The standard InChI is InChI=1S/C16H18ClN3O3/c1-22-14-6-12(5-13(17)16(14)23-10-15(18)21)9-20-8-11-3-2-4-19-7-11/h2-7,20H,8-10H2,1H3,(H2,18,21). The Labute approximate surface area is 139 Å². The maximum Gasteiger partial charge on any atom is 0.255 e. The maximum absolute atomic E-state index is 10.8. The molecule has 1 heterocycles. The van der Waals surface area contributed by atoms with Gasteiger partial charge in [0.2, 0.25) is 0 Å². The van der Waals surface area contributed by atoms with Crippen LogP contribution in [0.1, 0.15) is 11.1 Å². The summed E-state index contributed by atoms with van der Waals surface area (Å²) >= 11 is 6.20. The van der Waals surface area contributed by atoms with E-state index in [2.05, 4.69) is 10.3 Å². The lowest BCUT2D eigenvalue weighted by Gasteiger charge is -2.13. The fourth-order valence-electron chi connectivity index (χ4n) is 2.01. The molecule has 0 aliphatic rings. The van der Waals surface area contributed by atoms with Crippen LogP contribution in [0.4, 0.5) is 0 Å². The van der Waals surface area contributed by atoms with Gasteiger partial charge in [-0.2, -0.15) is 0 Å². The number of benzene rings is 1. The van der Waals surface area contributed by atoms with Gasteiger partial charge in [-0.25, -0.2) is 0 Å². The number of aromatic nitrogens is 1. The Bertz CT molecular complexity index is 665. The summed E-state index contributed by atoms with van der Waals surface area (Å²) in [6, 6.07) is 7.45. The molecule has 2 aromatic rings. The Morgan fingerprint density at radius 2 is 2.13 bits per heavy atom. The normalized spacial score (nSPS) is 10.3. The number of nitrogens with zero attached hydrogens (tertiary/aromatic N) is 1. The van der Waals surface area contributed by atoms with Gasteiger partial charge >= 0.3 is 0 Å². The van der Waals surface area contributed by atoms with Gasteiger partial charge in [0.05, 0.1) is 12.1 Å². The number of carbonyl (C=O) groups excluding carboxylic acids is 1. The highest BCUT2D eigenvalue weighted by Crippen LogP contribution is 2.36. The first-order valence-corrected chi connectivity index (χ1v) is 7.35. The quantitative estimate of drug-likeness (QED) is 0.769. The van der Waals surface area contributed by atoms with Gasteiger partial charge in [-0.05, 0) is 29.3 Å². The predicted molar refractivity (Wildman–Crippen MR) is 87.5 cm³/mol. The van der Waals surface area contributed by atoms with E-state index in [0.717, 1.165) is 11.1 Å². The predicted octanol–water partition coefficient (Wildman–Crippen LogP) is 1.90. The second-order valence-electron chi connectivity index (χ2n) is 4.83. The van der Waals surface area contributed by atoms with E-state index < -0.39 is 5.91 Å². The van der Waals surface area contributed by atoms with Crippen LogP contribution in [0.5, 0.6) is 11.5 Å². The van der Waals surface area contributed by atoms with Crippen molar-refractivity contribution in [1.82, 2.24) is 10.3 Å². The van der Waals surface area contributed by atoms with E-state index >= 15 is 0 Å². The second-order valence-corrected chi connectivity index (χ2v) is 5.24. The van der Waals surface area contributed by atoms with Crippen molar-refractivity contribution in [3.05, 3.63) is 52.8 Å². The summed E-state index contributed by atoms with van der Waals surface area (Å²) in [5, 5.41) is 3.66. The third kappa shape index (κ3) is 5.12. The number of hydrogen-bond donors (Lipinski definition) is 2. The molecule has 1 aromatic carbocycles. The summed E-state index contributed by atoms with van der Waals surface area (Å²) in [6.45, 7) is 1.03. The molecule has 122 valence electrons. The van der Waals surface area contributed by atoms with Gasteiger partial charge in [0.25, 0.3) is 5.91 Å². The number of halogens is 1. The van der Waals surface area contributed by atoms with Crippen LogP contribution in [0.3, 0.4) is 0 Å². The molecule has 0 unspecified atom stereocenters. The van der Waals surface area contributed by atoms with Crippen LogP contribution in [0.15, 0.2) is 36.7 Å². The lowest BCUT2D eigenvalue weighted by molar-refractivity contribution is -0.119. The number of methoxy groups -OCH3 is 1. The molecule has 0 bridgehead atoms. The van der Waals surface area contributed by atoms with Crippen molar-refractivity contribution in [2.75, 3.05) is 13.7 Å². The number of amides is 1. The SMILES string of the molecule is COc1cc(CNCc2cccnc2)cc(Cl)c1OCC(N)=O.